The van der Waals surface area contributed by atoms with E-state index in [-0.39, 0.29) is 5.75 Å². The van der Waals surface area contributed by atoms with Crippen molar-refractivity contribution in [1.29, 1.82) is 0 Å². The van der Waals surface area contributed by atoms with Crippen molar-refractivity contribution in [1.82, 2.24) is 0 Å². The molecule has 0 fully saturated rings. The van der Waals surface area contributed by atoms with Crippen LogP contribution >= 0.6 is 0 Å². The van der Waals surface area contributed by atoms with Gasteiger partial charge in [-0.2, -0.15) is 0 Å². The van der Waals surface area contributed by atoms with E-state index in [0.29, 0.717) is 18.3 Å². The molecule has 2 N–H and O–H groups in total. The molecular formula is C10H14BFO4. The summed E-state index contributed by atoms with van der Waals surface area (Å²) >= 11 is 0. The zero-order chi connectivity index (χ0) is 12.1. The van der Waals surface area contributed by atoms with Crippen molar-refractivity contribution in [3.63, 3.8) is 0 Å². The van der Waals surface area contributed by atoms with Gasteiger partial charge in [0.05, 0.1) is 6.61 Å². The second-order valence-electron chi connectivity index (χ2n) is 3.77. The van der Waals surface area contributed by atoms with E-state index in [1.54, 1.807) is 0 Å². The van der Waals surface area contributed by atoms with Crippen molar-refractivity contribution < 1.29 is 23.8 Å². The fourth-order valence-electron chi connectivity index (χ4n) is 1.07. The quantitative estimate of drug-likeness (QED) is 0.743. The summed E-state index contributed by atoms with van der Waals surface area (Å²) in [6.45, 7) is 4.38. The van der Waals surface area contributed by atoms with Gasteiger partial charge in [-0.25, -0.2) is 4.39 Å². The highest BCUT2D eigenvalue weighted by atomic mass is 19.1. The Hall–Kier alpha value is -1.27. The van der Waals surface area contributed by atoms with Gasteiger partial charge < -0.3 is 19.4 Å². The van der Waals surface area contributed by atoms with Gasteiger partial charge in [-0.15, -0.1) is 0 Å². The number of rotatable bonds is 5. The largest absolute Gasteiger partial charge is 0.707 e. The van der Waals surface area contributed by atoms with Crippen LogP contribution in [0.1, 0.15) is 13.8 Å². The molecule has 1 aromatic rings. The zero-order valence-electron chi connectivity index (χ0n) is 9.18. The van der Waals surface area contributed by atoms with Gasteiger partial charge in [0, 0.05) is 18.2 Å². The Morgan fingerprint density at radius 3 is 2.44 bits per heavy atom. The van der Waals surface area contributed by atoms with Crippen LogP contribution in [-0.2, 0) is 0 Å². The zero-order valence-corrected chi connectivity index (χ0v) is 9.18. The molecule has 0 aliphatic rings. The highest BCUT2D eigenvalue weighted by Crippen LogP contribution is 2.22. The minimum Gasteiger partial charge on any atom is -0.512 e. The maximum absolute atomic E-state index is 13.1. The molecule has 0 unspecified atom stereocenters. The first-order valence-electron chi connectivity index (χ1n) is 4.93. The van der Waals surface area contributed by atoms with Crippen LogP contribution in [0.5, 0.6) is 11.5 Å². The molecule has 0 aromatic heterocycles. The Morgan fingerprint density at radius 2 is 1.88 bits per heavy atom. The van der Waals surface area contributed by atoms with E-state index in [0.717, 1.165) is 6.07 Å². The molecule has 0 aliphatic heterocycles. The Kier molecular flexibility index (Phi) is 4.58. The molecule has 1 aromatic carbocycles. The van der Waals surface area contributed by atoms with Crippen molar-refractivity contribution >= 4 is 7.32 Å². The van der Waals surface area contributed by atoms with E-state index < -0.39 is 13.1 Å². The lowest BCUT2D eigenvalue weighted by Gasteiger charge is -2.11. The molecule has 0 atom stereocenters. The summed E-state index contributed by atoms with van der Waals surface area (Å²) in [6.07, 6.45) is 0. The van der Waals surface area contributed by atoms with E-state index in [1.165, 1.54) is 12.1 Å². The van der Waals surface area contributed by atoms with Crippen LogP contribution in [0.2, 0.25) is 0 Å². The molecule has 0 bridgehead atoms. The van der Waals surface area contributed by atoms with Gasteiger partial charge in [0.2, 0.25) is 0 Å². The lowest BCUT2D eigenvalue weighted by molar-refractivity contribution is 0.265. The van der Waals surface area contributed by atoms with E-state index in [4.69, 9.17) is 14.8 Å². The number of benzene rings is 1. The Labute approximate surface area is 93.8 Å². The summed E-state index contributed by atoms with van der Waals surface area (Å²) in [7, 11) is -1.97. The second kappa shape index (κ2) is 5.72. The van der Waals surface area contributed by atoms with Gasteiger partial charge in [0.25, 0.3) is 0 Å². The molecule has 0 spiro atoms. The molecule has 16 heavy (non-hydrogen) atoms. The van der Waals surface area contributed by atoms with Crippen LogP contribution in [0.25, 0.3) is 0 Å². The first kappa shape index (κ1) is 12.8. The van der Waals surface area contributed by atoms with Crippen molar-refractivity contribution in [2.75, 3.05) is 6.61 Å². The van der Waals surface area contributed by atoms with Crippen LogP contribution in [0.15, 0.2) is 18.2 Å². The average Bonchev–Trinajstić information content (AvgIpc) is 2.12. The number of halogens is 1. The minimum atomic E-state index is -1.97. The molecule has 0 saturated carbocycles. The summed E-state index contributed by atoms with van der Waals surface area (Å²) in [5, 5.41) is 17.2. The topological polar surface area (TPSA) is 58.9 Å². The fourth-order valence-corrected chi connectivity index (χ4v) is 1.07. The molecule has 4 nitrogen and oxygen atoms in total. The predicted octanol–water partition coefficient (Wildman–Crippen LogP) is 1.21. The van der Waals surface area contributed by atoms with Gasteiger partial charge in [-0.1, -0.05) is 13.8 Å². The van der Waals surface area contributed by atoms with Gasteiger partial charge in [0.15, 0.2) is 0 Å². The SMILES string of the molecule is CC(C)COc1cc(F)cc(OB(O)O)c1. The molecule has 0 radical (unpaired) electrons. The third kappa shape index (κ3) is 4.50. The highest BCUT2D eigenvalue weighted by Gasteiger charge is 2.13. The molecule has 88 valence electrons. The molecular weight excluding hydrogens is 214 g/mol. The van der Waals surface area contributed by atoms with Crippen molar-refractivity contribution in [2.45, 2.75) is 13.8 Å². The molecule has 6 heteroatoms. The van der Waals surface area contributed by atoms with E-state index in [2.05, 4.69) is 4.65 Å². The normalized spacial score (nSPS) is 10.4. The van der Waals surface area contributed by atoms with Gasteiger partial charge in [-0.05, 0) is 5.92 Å². The standard InChI is InChI=1S/C10H14BFO4/c1-7(2)6-15-9-3-8(12)4-10(5-9)16-11(13)14/h3-5,7,13-14H,6H2,1-2H3. The second-order valence-corrected chi connectivity index (χ2v) is 3.77. The van der Waals surface area contributed by atoms with E-state index in [1.807, 2.05) is 13.8 Å². The van der Waals surface area contributed by atoms with Crippen LogP contribution in [0.4, 0.5) is 4.39 Å². The first-order chi connectivity index (χ1) is 7.47. The van der Waals surface area contributed by atoms with Crippen LogP contribution in [-0.4, -0.2) is 24.0 Å². The van der Waals surface area contributed by atoms with Gasteiger partial charge in [0.1, 0.15) is 17.3 Å². The third-order valence-electron chi connectivity index (χ3n) is 1.67. The van der Waals surface area contributed by atoms with E-state index >= 15 is 0 Å². The Bertz CT molecular complexity index is 344. The summed E-state index contributed by atoms with van der Waals surface area (Å²) in [4.78, 5) is 0. The lowest BCUT2D eigenvalue weighted by atomic mass is 10.2. The molecule has 0 amide bonds. The summed E-state index contributed by atoms with van der Waals surface area (Å²) in [5.74, 6) is 0.0612. The maximum Gasteiger partial charge on any atom is 0.707 e. The predicted molar refractivity (Wildman–Crippen MR) is 57.6 cm³/mol. The Morgan fingerprint density at radius 1 is 1.25 bits per heavy atom. The van der Waals surface area contributed by atoms with Gasteiger partial charge >= 0.3 is 7.32 Å². The molecule has 0 aliphatic carbocycles. The number of hydrogen-bond acceptors (Lipinski definition) is 4. The highest BCUT2D eigenvalue weighted by molar-refractivity contribution is 6.33. The number of ether oxygens (including phenoxy) is 1. The average molecular weight is 228 g/mol. The fraction of sp³-hybridized carbons (Fsp3) is 0.400. The minimum absolute atomic E-state index is 0.00811. The maximum atomic E-state index is 13.1. The van der Waals surface area contributed by atoms with Crippen molar-refractivity contribution in [3.05, 3.63) is 24.0 Å². The smallest absolute Gasteiger partial charge is 0.512 e. The monoisotopic (exact) mass is 228 g/mol. The first-order valence-corrected chi connectivity index (χ1v) is 4.93. The number of hydrogen-bond donors (Lipinski definition) is 2. The van der Waals surface area contributed by atoms with Crippen molar-refractivity contribution in [2.24, 2.45) is 5.92 Å². The van der Waals surface area contributed by atoms with Crippen LogP contribution in [0.3, 0.4) is 0 Å². The Balaban J connectivity index is 2.73. The molecule has 0 saturated heterocycles. The summed E-state index contributed by atoms with van der Waals surface area (Å²) in [6, 6.07) is 3.64. The van der Waals surface area contributed by atoms with Crippen molar-refractivity contribution in [3.8, 4) is 11.5 Å². The van der Waals surface area contributed by atoms with Crippen LogP contribution < -0.4 is 9.39 Å². The van der Waals surface area contributed by atoms with Crippen LogP contribution in [0, 0.1) is 11.7 Å². The van der Waals surface area contributed by atoms with E-state index in [9.17, 15) is 4.39 Å². The lowest BCUT2D eigenvalue weighted by Crippen LogP contribution is -2.20. The van der Waals surface area contributed by atoms with Gasteiger partial charge in [-0.3, -0.25) is 0 Å². The molecule has 1 rings (SSSR count). The summed E-state index contributed by atoms with van der Waals surface area (Å²) < 4.78 is 22.9. The third-order valence-corrected chi connectivity index (χ3v) is 1.67. The molecule has 0 heterocycles. The summed E-state index contributed by atoms with van der Waals surface area (Å²) in [5.41, 5.74) is 0.